The van der Waals surface area contributed by atoms with Crippen LogP contribution in [-0.4, -0.2) is 102 Å². The summed E-state index contributed by atoms with van der Waals surface area (Å²) in [5.41, 5.74) is 4.99. The van der Waals surface area contributed by atoms with Crippen molar-refractivity contribution < 1.29 is 51.3 Å². The van der Waals surface area contributed by atoms with Crippen molar-refractivity contribution in [3.05, 3.63) is 98.4 Å². The second-order valence-electron chi connectivity index (χ2n) is 14.0. The van der Waals surface area contributed by atoms with E-state index in [2.05, 4.69) is 14.7 Å². The molecule has 59 heavy (non-hydrogen) atoms. The molecule has 4 heterocycles. The van der Waals surface area contributed by atoms with Gasteiger partial charge in [-0.05, 0) is 73.0 Å². The van der Waals surface area contributed by atoms with Crippen LogP contribution >= 0.6 is 11.6 Å². The fourth-order valence-electron chi connectivity index (χ4n) is 7.04. The van der Waals surface area contributed by atoms with E-state index in [1.54, 1.807) is 13.0 Å². The quantitative estimate of drug-likeness (QED) is 0.0807. The fraction of sp³-hybridized carbons (Fsp3) is 0.400. The second-order valence-corrected chi connectivity index (χ2v) is 14.4. The number of rotatable bonds is 10. The zero-order valence-electron chi connectivity index (χ0n) is 32.1. The monoisotopic (exact) mass is 842 g/mol. The van der Waals surface area contributed by atoms with Crippen molar-refractivity contribution in [3.63, 3.8) is 0 Å². The smallest absolute Gasteiger partial charge is 0.436 e. The predicted octanol–water partition coefficient (Wildman–Crippen LogP) is 6.13. The molecule has 0 aliphatic carbocycles. The number of nitrogens with zero attached hydrogens (tertiary/aromatic N) is 4. The van der Waals surface area contributed by atoms with Crippen molar-refractivity contribution in [2.24, 2.45) is 0 Å². The lowest BCUT2D eigenvalue weighted by Gasteiger charge is -2.37. The zero-order valence-corrected chi connectivity index (χ0v) is 32.9. The van der Waals surface area contributed by atoms with Crippen LogP contribution in [0.1, 0.15) is 59.7 Å². The number of amides is 2. The first kappa shape index (κ1) is 42.6. The molecule has 2 aliphatic rings. The SMILES string of the molecule is CCOC(=O)OC(C)OC(=O)c1ccc(N2CCN(C(=O)[C@@H](Cc3cc(Cl)c(N)c(C(F)(F)F)c3)OC(=O)N3CCC(c4cc5ccccc5[nH]c4=O)CC3)CC2)nc1. The molecule has 0 saturated carbocycles. The van der Waals surface area contributed by atoms with Gasteiger partial charge < -0.3 is 44.4 Å². The second kappa shape index (κ2) is 18.3. The number of alkyl halides is 3. The first-order chi connectivity index (χ1) is 28.1. The van der Waals surface area contributed by atoms with E-state index in [9.17, 15) is 37.1 Å². The van der Waals surface area contributed by atoms with Crippen molar-refractivity contribution in [3.8, 4) is 0 Å². The normalized spacial score (nSPS) is 16.0. The number of aromatic amines is 1. The van der Waals surface area contributed by atoms with Gasteiger partial charge in [0.2, 0.25) is 6.29 Å². The lowest BCUT2D eigenvalue weighted by molar-refractivity contribution is -0.141. The van der Waals surface area contributed by atoms with Gasteiger partial charge in [0.1, 0.15) is 5.82 Å². The van der Waals surface area contributed by atoms with Gasteiger partial charge in [-0.1, -0.05) is 29.8 Å². The molecule has 2 saturated heterocycles. The molecule has 6 rings (SSSR count). The predicted molar refractivity (Wildman–Crippen MR) is 209 cm³/mol. The average Bonchev–Trinajstić information content (AvgIpc) is 3.21. The number of carbonyl (C=O) groups excluding carboxylic acids is 4. The Hall–Kier alpha value is -6.04. The minimum Gasteiger partial charge on any atom is -0.436 e. The number of esters is 1. The molecule has 2 aliphatic heterocycles. The molecular weight excluding hydrogens is 801 g/mol. The molecule has 2 aromatic carbocycles. The molecule has 4 aromatic rings. The molecule has 314 valence electrons. The number of para-hydroxylation sites is 1. The maximum Gasteiger partial charge on any atom is 0.511 e. The van der Waals surface area contributed by atoms with Gasteiger partial charge in [-0.25, -0.2) is 19.4 Å². The Balaban J connectivity index is 1.11. The summed E-state index contributed by atoms with van der Waals surface area (Å²) in [5.74, 6) is -1.06. The molecule has 2 atom stereocenters. The maximum atomic E-state index is 14.1. The summed E-state index contributed by atoms with van der Waals surface area (Å²) >= 11 is 6.10. The molecule has 19 heteroatoms. The number of benzene rings is 2. The van der Waals surface area contributed by atoms with E-state index < -0.39 is 60.4 Å². The third-order valence-electron chi connectivity index (χ3n) is 10.1. The molecule has 1 unspecified atom stereocenters. The van der Waals surface area contributed by atoms with Crippen LogP contribution in [0.5, 0.6) is 0 Å². The first-order valence-corrected chi connectivity index (χ1v) is 19.3. The lowest BCUT2D eigenvalue weighted by atomic mass is 9.89. The van der Waals surface area contributed by atoms with Crippen LogP contribution in [0.25, 0.3) is 10.9 Å². The highest BCUT2D eigenvalue weighted by atomic mass is 35.5. The number of fused-ring (bicyclic) bond motifs is 1. The summed E-state index contributed by atoms with van der Waals surface area (Å²) < 4.78 is 62.0. The third-order valence-corrected chi connectivity index (χ3v) is 10.4. The minimum atomic E-state index is -4.84. The molecule has 0 bridgehead atoms. The third kappa shape index (κ3) is 10.3. The van der Waals surface area contributed by atoms with Crippen LogP contribution in [0.2, 0.25) is 5.02 Å². The number of nitrogen functional groups attached to an aromatic ring is 1. The summed E-state index contributed by atoms with van der Waals surface area (Å²) in [5, 5.41) is 0.516. The van der Waals surface area contributed by atoms with Gasteiger partial charge in [0.25, 0.3) is 11.5 Å². The molecule has 3 N–H and O–H groups in total. The number of piperidine rings is 1. The molecule has 15 nitrogen and oxygen atoms in total. The van der Waals surface area contributed by atoms with E-state index in [4.69, 9.17) is 31.5 Å². The van der Waals surface area contributed by atoms with Gasteiger partial charge in [0, 0.05) is 69.9 Å². The number of nitrogens with two attached hydrogens (primary N) is 1. The van der Waals surface area contributed by atoms with Crippen molar-refractivity contribution in [2.45, 2.75) is 57.6 Å². The summed E-state index contributed by atoms with van der Waals surface area (Å²) in [6.45, 7) is 4.31. The first-order valence-electron chi connectivity index (χ1n) is 18.9. The highest BCUT2D eigenvalue weighted by molar-refractivity contribution is 6.33. The van der Waals surface area contributed by atoms with Crippen LogP contribution in [-0.2, 0) is 36.3 Å². The minimum absolute atomic E-state index is 0.0137. The molecule has 2 fully saturated rings. The van der Waals surface area contributed by atoms with Gasteiger partial charge in [-0.15, -0.1) is 0 Å². The van der Waals surface area contributed by atoms with Crippen LogP contribution in [0.4, 0.5) is 34.3 Å². The van der Waals surface area contributed by atoms with Crippen molar-refractivity contribution >= 4 is 58.1 Å². The number of aromatic nitrogens is 2. The van der Waals surface area contributed by atoms with Crippen molar-refractivity contribution in [1.29, 1.82) is 0 Å². The van der Waals surface area contributed by atoms with Gasteiger partial charge in [0.15, 0.2) is 6.10 Å². The molecule has 0 spiro atoms. The van der Waals surface area contributed by atoms with E-state index in [0.29, 0.717) is 29.7 Å². The van der Waals surface area contributed by atoms with E-state index >= 15 is 0 Å². The van der Waals surface area contributed by atoms with Gasteiger partial charge in [-0.2, -0.15) is 13.2 Å². The largest absolute Gasteiger partial charge is 0.511 e. The summed E-state index contributed by atoms with van der Waals surface area (Å²) in [7, 11) is 0. The number of pyridine rings is 2. The lowest BCUT2D eigenvalue weighted by Crippen LogP contribution is -2.53. The van der Waals surface area contributed by atoms with E-state index in [1.807, 2.05) is 35.2 Å². The van der Waals surface area contributed by atoms with Crippen LogP contribution in [0.15, 0.2) is 65.6 Å². The number of H-pyrrole nitrogens is 1. The van der Waals surface area contributed by atoms with E-state index in [1.165, 1.54) is 35.1 Å². The number of hydrogen-bond donors (Lipinski definition) is 2. The molecular formula is C40H42ClF3N6O9. The Morgan fingerprint density at radius 2 is 1.66 bits per heavy atom. The molecule has 2 aromatic heterocycles. The molecule has 2 amide bonds. The van der Waals surface area contributed by atoms with E-state index in [0.717, 1.165) is 11.5 Å². The number of likely N-dealkylation sites (tertiary alicyclic amines) is 1. The Morgan fingerprint density at radius 1 is 0.949 bits per heavy atom. The standard InChI is InChI=1S/C40H42ClF3N6O9/c1-3-56-39(55)58-23(2)57-37(53)27-8-9-33(46-22-27)48-14-16-49(17-15-48)36(52)32(20-24-18-29(40(42,43)44)34(45)30(41)19-24)59-38(54)50-12-10-25(11-13-50)28-21-26-6-4-5-7-31(26)47-35(28)51/h4-9,18-19,21-23,25,32H,3,10-17,20,45H2,1-2H3,(H,47,51)/t23?,32-/m1/s1. The average molecular weight is 843 g/mol. The number of halogens is 4. The maximum absolute atomic E-state index is 14.1. The number of anilines is 2. The Bertz CT molecular complexity index is 2240. The van der Waals surface area contributed by atoms with Gasteiger partial charge in [0.05, 0.1) is 28.4 Å². The van der Waals surface area contributed by atoms with Crippen LogP contribution in [0, 0.1) is 0 Å². The topological polar surface area (TPSA) is 187 Å². The highest BCUT2D eigenvalue weighted by Gasteiger charge is 2.37. The van der Waals surface area contributed by atoms with Gasteiger partial charge in [-0.3, -0.25) is 9.59 Å². The van der Waals surface area contributed by atoms with E-state index in [-0.39, 0.29) is 73.5 Å². The summed E-state index contributed by atoms with van der Waals surface area (Å²) in [6.07, 6.45) is -7.61. The van der Waals surface area contributed by atoms with Crippen molar-refractivity contribution in [2.75, 3.05) is 56.5 Å². The number of carbonyl (C=O) groups is 4. The number of piperazine rings is 1. The van der Waals surface area contributed by atoms with Crippen LogP contribution in [0.3, 0.4) is 0 Å². The number of ether oxygens (including phenoxy) is 4. The Morgan fingerprint density at radius 3 is 2.32 bits per heavy atom. The van der Waals surface area contributed by atoms with Crippen molar-refractivity contribution in [1.82, 2.24) is 19.8 Å². The Kier molecular flexibility index (Phi) is 13.2. The zero-order chi connectivity index (χ0) is 42.4. The van der Waals surface area contributed by atoms with Gasteiger partial charge >= 0.3 is 24.4 Å². The number of hydrogen-bond acceptors (Lipinski definition) is 12. The number of nitrogens with one attached hydrogen (secondary N) is 1. The molecule has 0 radical (unpaired) electrons. The van der Waals surface area contributed by atoms with Crippen LogP contribution < -0.4 is 16.2 Å². The fourth-order valence-corrected chi connectivity index (χ4v) is 7.28. The highest BCUT2D eigenvalue weighted by Crippen LogP contribution is 2.38. The summed E-state index contributed by atoms with van der Waals surface area (Å²) in [4.78, 5) is 76.6. The summed E-state index contributed by atoms with van der Waals surface area (Å²) in [6, 6.07) is 14.3. The Labute approximate surface area is 341 Å².